The molecule has 5 nitrogen and oxygen atoms in total. The zero-order valence-electron chi connectivity index (χ0n) is 17.5. The van der Waals surface area contributed by atoms with Crippen LogP contribution in [-0.2, 0) is 17.8 Å². The number of benzene rings is 3. The maximum Gasteiger partial charge on any atom is 0.230 e. The number of carbonyl (C=O) groups excluding carboxylic acids is 1. The van der Waals surface area contributed by atoms with E-state index in [1.807, 2.05) is 72.8 Å². The van der Waals surface area contributed by atoms with Gasteiger partial charge in [0.1, 0.15) is 10.8 Å². The summed E-state index contributed by atoms with van der Waals surface area (Å²) in [6.07, 6.45) is 0.614. The molecule has 7 heteroatoms. The predicted octanol–water partition coefficient (Wildman–Crippen LogP) is 5.29. The van der Waals surface area contributed by atoms with Crippen LogP contribution < -0.4 is 10.1 Å². The highest BCUT2D eigenvalue weighted by Crippen LogP contribution is 2.25. The third kappa shape index (κ3) is 5.78. The second kappa shape index (κ2) is 10.5. The van der Waals surface area contributed by atoms with Gasteiger partial charge in [0.05, 0.1) is 29.6 Å². The van der Waals surface area contributed by atoms with Crippen LogP contribution >= 0.6 is 23.4 Å². The number of fused-ring (bicyclic) bond motifs is 1. The van der Waals surface area contributed by atoms with Crippen molar-refractivity contribution in [2.45, 2.75) is 18.0 Å². The third-order valence-electron chi connectivity index (χ3n) is 4.85. The van der Waals surface area contributed by atoms with Crippen molar-refractivity contribution in [1.82, 2.24) is 15.3 Å². The number of carbonyl (C=O) groups is 1. The molecule has 0 radical (unpaired) electrons. The Balaban J connectivity index is 1.46. The Morgan fingerprint density at radius 2 is 1.72 bits per heavy atom. The Kier molecular flexibility index (Phi) is 7.24. The molecule has 1 N–H and O–H groups in total. The Hall–Kier alpha value is -3.09. The number of rotatable bonds is 8. The molecule has 0 aliphatic carbocycles. The molecule has 0 fully saturated rings. The minimum absolute atomic E-state index is 0.0646. The van der Waals surface area contributed by atoms with Crippen LogP contribution in [0.3, 0.4) is 0 Å². The molecule has 1 heterocycles. The molecule has 4 rings (SSSR count). The van der Waals surface area contributed by atoms with Gasteiger partial charge in [-0.05, 0) is 47.5 Å². The second-order valence-corrected chi connectivity index (χ2v) is 8.58. The lowest BCUT2D eigenvalue weighted by molar-refractivity contribution is -0.118. The van der Waals surface area contributed by atoms with Crippen molar-refractivity contribution < 1.29 is 9.53 Å². The molecule has 0 unspecified atom stereocenters. The lowest BCUT2D eigenvalue weighted by Crippen LogP contribution is -2.24. The van der Waals surface area contributed by atoms with Gasteiger partial charge in [0.25, 0.3) is 0 Å². The second-order valence-electron chi connectivity index (χ2n) is 7.18. The number of thioether (sulfide) groups is 1. The van der Waals surface area contributed by atoms with E-state index in [1.165, 1.54) is 11.8 Å². The van der Waals surface area contributed by atoms with E-state index in [1.54, 1.807) is 7.11 Å². The molecule has 1 amide bonds. The van der Waals surface area contributed by atoms with Gasteiger partial charge in [-0.15, -0.1) is 0 Å². The van der Waals surface area contributed by atoms with Crippen LogP contribution in [0.5, 0.6) is 5.75 Å². The molecule has 3 aromatic carbocycles. The van der Waals surface area contributed by atoms with Crippen LogP contribution in [0.1, 0.15) is 16.8 Å². The molecule has 0 saturated carbocycles. The number of aromatic nitrogens is 2. The van der Waals surface area contributed by atoms with Crippen molar-refractivity contribution in [2.75, 3.05) is 12.9 Å². The summed E-state index contributed by atoms with van der Waals surface area (Å²) < 4.78 is 5.23. The van der Waals surface area contributed by atoms with Gasteiger partial charge >= 0.3 is 0 Å². The number of hydrogen-bond acceptors (Lipinski definition) is 5. The maximum absolute atomic E-state index is 12.5. The minimum Gasteiger partial charge on any atom is -0.497 e. The molecule has 0 aliphatic heterocycles. The van der Waals surface area contributed by atoms with E-state index >= 15 is 0 Å². The molecule has 0 atom stereocenters. The first-order chi connectivity index (χ1) is 15.6. The smallest absolute Gasteiger partial charge is 0.230 e. The normalized spacial score (nSPS) is 10.8. The van der Waals surface area contributed by atoms with Crippen molar-refractivity contribution in [2.24, 2.45) is 0 Å². The van der Waals surface area contributed by atoms with Gasteiger partial charge in [-0.1, -0.05) is 59.8 Å². The van der Waals surface area contributed by atoms with Crippen molar-refractivity contribution in [3.63, 3.8) is 0 Å². The predicted molar refractivity (Wildman–Crippen MR) is 129 cm³/mol. The summed E-state index contributed by atoms with van der Waals surface area (Å²) in [5, 5.41) is 4.41. The summed E-state index contributed by atoms with van der Waals surface area (Å²) in [6.45, 7) is 0.442. The van der Waals surface area contributed by atoms with Gasteiger partial charge < -0.3 is 10.1 Å². The number of nitrogens with zero attached hydrogens (tertiary/aromatic N) is 2. The molecular formula is C25H22ClN3O2S. The Morgan fingerprint density at radius 3 is 2.47 bits per heavy atom. The van der Waals surface area contributed by atoms with Gasteiger partial charge in [0.15, 0.2) is 0 Å². The average Bonchev–Trinajstić information content (AvgIpc) is 2.83. The zero-order chi connectivity index (χ0) is 22.3. The van der Waals surface area contributed by atoms with E-state index in [2.05, 4.69) is 5.32 Å². The molecule has 0 aliphatic rings. The first kappa shape index (κ1) is 22.1. The summed E-state index contributed by atoms with van der Waals surface area (Å²) >= 11 is 7.41. The summed E-state index contributed by atoms with van der Waals surface area (Å²) in [5.74, 6) is 0.958. The number of hydrogen-bond donors (Lipinski definition) is 1. The SMILES string of the molecule is COc1cccc(CNC(=O)CSc2nc3ccccc3nc2Cc2ccc(Cl)cc2)c1. The third-order valence-corrected chi connectivity index (χ3v) is 6.11. The monoisotopic (exact) mass is 463 g/mol. The Bertz CT molecular complexity index is 1230. The molecule has 0 bridgehead atoms. The summed E-state index contributed by atoms with van der Waals surface area (Å²) in [4.78, 5) is 22.1. The first-order valence-electron chi connectivity index (χ1n) is 10.1. The van der Waals surface area contributed by atoms with Crippen molar-refractivity contribution in [1.29, 1.82) is 0 Å². The number of ether oxygens (including phenoxy) is 1. The standard InChI is InChI=1S/C25H22ClN3O2S/c1-31-20-6-4-5-18(13-20)15-27-24(30)16-32-25-23(14-17-9-11-19(26)12-10-17)28-21-7-2-3-8-22(21)29-25/h2-13H,14-16H2,1H3,(H,27,30). The van der Waals surface area contributed by atoms with Crippen LogP contribution in [-0.4, -0.2) is 28.7 Å². The quantitative estimate of drug-likeness (QED) is 0.359. The van der Waals surface area contributed by atoms with Gasteiger partial charge in [-0.3, -0.25) is 4.79 Å². The molecule has 32 heavy (non-hydrogen) atoms. The van der Waals surface area contributed by atoms with Crippen LogP contribution in [0.15, 0.2) is 77.8 Å². The highest BCUT2D eigenvalue weighted by Gasteiger charge is 2.13. The number of para-hydroxylation sites is 2. The molecule has 4 aromatic rings. The van der Waals surface area contributed by atoms with Crippen molar-refractivity contribution in [3.8, 4) is 5.75 Å². The number of methoxy groups -OCH3 is 1. The molecule has 1 aromatic heterocycles. The highest BCUT2D eigenvalue weighted by molar-refractivity contribution is 7.99. The van der Waals surface area contributed by atoms with Crippen molar-refractivity contribution >= 4 is 40.3 Å². The maximum atomic E-state index is 12.5. The van der Waals surface area contributed by atoms with Gasteiger partial charge in [0.2, 0.25) is 5.91 Å². The molecular weight excluding hydrogens is 442 g/mol. The van der Waals surface area contributed by atoms with E-state index in [0.717, 1.165) is 38.6 Å². The highest BCUT2D eigenvalue weighted by atomic mass is 35.5. The lowest BCUT2D eigenvalue weighted by atomic mass is 10.1. The average molecular weight is 464 g/mol. The van der Waals surface area contributed by atoms with Crippen LogP contribution in [0.4, 0.5) is 0 Å². The number of halogens is 1. The molecule has 0 spiro atoms. The largest absolute Gasteiger partial charge is 0.497 e. The van der Waals surface area contributed by atoms with E-state index in [9.17, 15) is 4.79 Å². The van der Waals surface area contributed by atoms with E-state index in [0.29, 0.717) is 18.0 Å². The fourth-order valence-corrected chi connectivity index (χ4v) is 4.16. The lowest BCUT2D eigenvalue weighted by Gasteiger charge is -2.11. The number of amides is 1. The molecule has 0 saturated heterocycles. The van der Waals surface area contributed by atoms with Crippen molar-refractivity contribution in [3.05, 3.63) is 94.6 Å². The summed E-state index contributed by atoms with van der Waals surface area (Å²) in [6, 6.07) is 23.1. The van der Waals surface area contributed by atoms with E-state index < -0.39 is 0 Å². The summed E-state index contributed by atoms with van der Waals surface area (Å²) in [7, 11) is 1.63. The zero-order valence-corrected chi connectivity index (χ0v) is 19.1. The summed E-state index contributed by atoms with van der Waals surface area (Å²) in [5.41, 5.74) is 4.56. The van der Waals surface area contributed by atoms with Crippen LogP contribution in [0, 0.1) is 0 Å². The molecule has 162 valence electrons. The van der Waals surface area contributed by atoms with Gasteiger partial charge in [-0.25, -0.2) is 9.97 Å². The number of nitrogens with one attached hydrogen (secondary N) is 1. The van der Waals surface area contributed by atoms with E-state index in [4.69, 9.17) is 26.3 Å². The topological polar surface area (TPSA) is 64.1 Å². The fraction of sp³-hybridized carbons (Fsp3) is 0.160. The fourth-order valence-electron chi connectivity index (χ4n) is 3.21. The van der Waals surface area contributed by atoms with Crippen LogP contribution in [0.2, 0.25) is 5.02 Å². The Morgan fingerprint density at radius 1 is 0.969 bits per heavy atom. The minimum atomic E-state index is -0.0646. The van der Waals surface area contributed by atoms with Gasteiger partial charge in [0, 0.05) is 18.0 Å². The van der Waals surface area contributed by atoms with E-state index in [-0.39, 0.29) is 11.7 Å². The Labute approximate surface area is 196 Å². The first-order valence-corrected chi connectivity index (χ1v) is 11.5. The van der Waals surface area contributed by atoms with Crippen LogP contribution in [0.25, 0.3) is 11.0 Å². The van der Waals surface area contributed by atoms with Gasteiger partial charge in [-0.2, -0.15) is 0 Å².